The smallest absolute Gasteiger partial charge is 0.337 e. The van der Waals surface area contributed by atoms with Crippen molar-refractivity contribution in [2.24, 2.45) is 0 Å². The summed E-state index contributed by atoms with van der Waals surface area (Å²) in [6.45, 7) is 3.70. The molecule has 6 heteroatoms. The van der Waals surface area contributed by atoms with Gasteiger partial charge in [-0.05, 0) is 44.0 Å². The maximum absolute atomic E-state index is 12.3. The van der Waals surface area contributed by atoms with Gasteiger partial charge >= 0.3 is 11.9 Å². The third-order valence-corrected chi connectivity index (χ3v) is 4.13. The molecule has 0 bridgehead atoms. The molecule has 25 heavy (non-hydrogen) atoms. The summed E-state index contributed by atoms with van der Waals surface area (Å²) in [5.74, 6) is -0.617. The first-order valence-corrected chi connectivity index (χ1v) is 8.43. The molecule has 0 N–H and O–H groups in total. The van der Waals surface area contributed by atoms with Crippen LogP contribution < -0.4 is 0 Å². The SMILES string of the molecule is CCOC(=O)/C(C)=C1\CCC=C(C(C(=O)OC)c2ccc(Cl)cc2)O1. The first-order chi connectivity index (χ1) is 12.0. The van der Waals surface area contributed by atoms with Crippen LogP contribution >= 0.6 is 11.6 Å². The van der Waals surface area contributed by atoms with Crippen molar-refractivity contribution in [3.05, 3.63) is 58.0 Å². The van der Waals surface area contributed by atoms with Crippen molar-refractivity contribution in [2.45, 2.75) is 32.6 Å². The van der Waals surface area contributed by atoms with Crippen molar-refractivity contribution < 1.29 is 23.8 Å². The lowest BCUT2D eigenvalue weighted by Crippen LogP contribution is -2.21. The van der Waals surface area contributed by atoms with Crippen LogP contribution in [0.5, 0.6) is 0 Å². The van der Waals surface area contributed by atoms with Crippen molar-refractivity contribution >= 4 is 23.5 Å². The Morgan fingerprint density at radius 1 is 1.28 bits per heavy atom. The zero-order valence-electron chi connectivity index (χ0n) is 14.5. The van der Waals surface area contributed by atoms with E-state index in [0.29, 0.717) is 47.1 Å². The maximum atomic E-state index is 12.3. The summed E-state index contributed by atoms with van der Waals surface area (Å²) >= 11 is 5.92. The first kappa shape index (κ1) is 19.1. The van der Waals surface area contributed by atoms with E-state index < -0.39 is 17.9 Å². The van der Waals surface area contributed by atoms with Gasteiger partial charge in [0.2, 0.25) is 0 Å². The van der Waals surface area contributed by atoms with Gasteiger partial charge in [-0.1, -0.05) is 23.7 Å². The highest BCUT2D eigenvalue weighted by atomic mass is 35.5. The molecule has 1 aromatic rings. The minimum atomic E-state index is -0.715. The number of halogens is 1. The number of methoxy groups -OCH3 is 1. The second-order valence-electron chi connectivity index (χ2n) is 5.52. The topological polar surface area (TPSA) is 61.8 Å². The van der Waals surface area contributed by atoms with E-state index in [9.17, 15) is 9.59 Å². The summed E-state index contributed by atoms with van der Waals surface area (Å²) in [4.78, 5) is 24.3. The molecule has 1 atom stereocenters. The van der Waals surface area contributed by atoms with Gasteiger partial charge in [-0.2, -0.15) is 0 Å². The molecular weight excluding hydrogens is 344 g/mol. The quantitative estimate of drug-likeness (QED) is 0.580. The van der Waals surface area contributed by atoms with E-state index in [4.69, 9.17) is 25.8 Å². The highest BCUT2D eigenvalue weighted by molar-refractivity contribution is 6.30. The van der Waals surface area contributed by atoms with Crippen molar-refractivity contribution in [3.63, 3.8) is 0 Å². The molecule has 0 spiro atoms. The van der Waals surface area contributed by atoms with Gasteiger partial charge in [-0.3, -0.25) is 4.79 Å². The molecule has 0 aromatic heterocycles. The fraction of sp³-hybridized carbons (Fsp3) is 0.368. The van der Waals surface area contributed by atoms with E-state index in [1.165, 1.54) is 7.11 Å². The van der Waals surface area contributed by atoms with Crippen LogP contribution in [0.2, 0.25) is 5.02 Å². The lowest BCUT2D eigenvalue weighted by molar-refractivity contribution is -0.142. The molecule has 0 aliphatic carbocycles. The van der Waals surface area contributed by atoms with Crippen molar-refractivity contribution in [3.8, 4) is 0 Å². The van der Waals surface area contributed by atoms with Crippen LogP contribution in [0.1, 0.15) is 38.2 Å². The largest absolute Gasteiger partial charge is 0.468 e. The standard InChI is InChI=1S/C19H21ClO5/c1-4-24-18(21)12(2)15-6-5-7-16(25-15)17(19(22)23-3)13-8-10-14(20)11-9-13/h7-11,17H,4-6H2,1-3H3/b15-12+. The zero-order chi connectivity index (χ0) is 18.4. The van der Waals surface area contributed by atoms with Gasteiger partial charge in [0.05, 0.1) is 19.3 Å². The van der Waals surface area contributed by atoms with E-state index in [2.05, 4.69) is 0 Å². The Bertz CT molecular complexity index is 703. The Morgan fingerprint density at radius 3 is 2.56 bits per heavy atom. The highest BCUT2D eigenvalue weighted by Crippen LogP contribution is 2.34. The van der Waals surface area contributed by atoms with Gasteiger partial charge in [0.25, 0.3) is 0 Å². The van der Waals surface area contributed by atoms with Crippen molar-refractivity contribution in [1.29, 1.82) is 0 Å². The average Bonchev–Trinajstić information content (AvgIpc) is 2.63. The third kappa shape index (κ3) is 4.63. The number of benzene rings is 1. The Labute approximate surface area is 152 Å². The van der Waals surface area contributed by atoms with Gasteiger partial charge in [0, 0.05) is 11.4 Å². The van der Waals surface area contributed by atoms with Gasteiger partial charge < -0.3 is 14.2 Å². The number of hydrogen-bond donors (Lipinski definition) is 0. The molecule has 1 unspecified atom stereocenters. The maximum Gasteiger partial charge on any atom is 0.337 e. The van der Waals surface area contributed by atoms with E-state index in [1.807, 2.05) is 6.08 Å². The predicted molar refractivity (Wildman–Crippen MR) is 93.9 cm³/mol. The Morgan fingerprint density at radius 2 is 1.96 bits per heavy atom. The highest BCUT2D eigenvalue weighted by Gasteiger charge is 2.30. The van der Waals surface area contributed by atoms with Gasteiger partial charge in [0.15, 0.2) is 0 Å². The minimum absolute atomic E-state index is 0.293. The molecule has 1 heterocycles. The third-order valence-electron chi connectivity index (χ3n) is 3.88. The molecule has 1 aromatic carbocycles. The van der Waals surface area contributed by atoms with E-state index in [0.717, 1.165) is 0 Å². The minimum Gasteiger partial charge on any atom is -0.468 e. The van der Waals surface area contributed by atoms with Crippen molar-refractivity contribution in [1.82, 2.24) is 0 Å². The van der Waals surface area contributed by atoms with Crippen molar-refractivity contribution in [2.75, 3.05) is 13.7 Å². The number of carbonyl (C=O) groups excluding carboxylic acids is 2. The van der Waals surface area contributed by atoms with Crippen LogP contribution in [0.15, 0.2) is 47.4 Å². The Kier molecular flexibility index (Phi) is 6.65. The summed E-state index contributed by atoms with van der Waals surface area (Å²) in [5.41, 5.74) is 1.12. The molecule has 0 radical (unpaired) electrons. The number of allylic oxidation sites excluding steroid dienone is 2. The lowest BCUT2D eigenvalue weighted by atomic mass is 9.94. The molecular formula is C19H21ClO5. The molecule has 1 aliphatic rings. The lowest BCUT2D eigenvalue weighted by Gasteiger charge is -2.25. The number of rotatable bonds is 5. The van der Waals surface area contributed by atoms with Gasteiger partial charge in [0.1, 0.15) is 17.4 Å². The molecule has 0 fully saturated rings. The van der Waals surface area contributed by atoms with Gasteiger partial charge in [-0.15, -0.1) is 0 Å². The molecule has 1 aliphatic heterocycles. The second-order valence-corrected chi connectivity index (χ2v) is 5.96. The fourth-order valence-corrected chi connectivity index (χ4v) is 2.69. The normalized spacial score (nSPS) is 17.0. The molecule has 0 saturated carbocycles. The number of esters is 2. The Hall–Kier alpha value is -2.27. The summed E-state index contributed by atoms with van der Waals surface area (Å²) in [5, 5.41) is 0.574. The molecule has 134 valence electrons. The number of hydrogen-bond acceptors (Lipinski definition) is 5. The molecule has 0 amide bonds. The van der Waals surface area contributed by atoms with Crippen LogP contribution in [-0.4, -0.2) is 25.7 Å². The van der Waals surface area contributed by atoms with Gasteiger partial charge in [-0.25, -0.2) is 4.79 Å². The molecule has 0 saturated heterocycles. The van der Waals surface area contributed by atoms with Crippen LogP contribution in [0, 0.1) is 0 Å². The zero-order valence-corrected chi connectivity index (χ0v) is 15.3. The molecule has 2 rings (SSSR count). The first-order valence-electron chi connectivity index (χ1n) is 8.06. The number of carbonyl (C=O) groups is 2. The predicted octanol–water partition coefficient (Wildman–Crippen LogP) is 4.13. The number of ether oxygens (including phenoxy) is 3. The van der Waals surface area contributed by atoms with Crippen LogP contribution in [0.3, 0.4) is 0 Å². The van der Waals surface area contributed by atoms with E-state index in [1.54, 1.807) is 38.1 Å². The second kappa shape index (κ2) is 8.72. The summed E-state index contributed by atoms with van der Waals surface area (Å²) < 4.78 is 15.8. The summed E-state index contributed by atoms with van der Waals surface area (Å²) in [6.07, 6.45) is 3.07. The molecule has 5 nitrogen and oxygen atoms in total. The average molecular weight is 365 g/mol. The summed E-state index contributed by atoms with van der Waals surface area (Å²) in [6, 6.07) is 6.92. The monoisotopic (exact) mass is 364 g/mol. The van der Waals surface area contributed by atoms with Crippen LogP contribution in [-0.2, 0) is 23.8 Å². The van der Waals surface area contributed by atoms with E-state index in [-0.39, 0.29) is 0 Å². The fourth-order valence-electron chi connectivity index (χ4n) is 2.56. The summed E-state index contributed by atoms with van der Waals surface area (Å²) in [7, 11) is 1.33. The van der Waals surface area contributed by atoms with Crippen LogP contribution in [0.25, 0.3) is 0 Å². The Balaban J connectivity index is 2.33. The van der Waals surface area contributed by atoms with Crippen LogP contribution in [0.4, 0.5) is 0 Å². The van der Waals surface area contributed by atoms with E-state index >= 15 is 0 Å².